The van der Waals surface area contributed by atoms with Gasteiger partial charge in [0, 0.05) is 26.3 Å². The second-order valence-electron chi connectivity index (χ2n) is 3.33. The third-order valence-corrected chi connectivity index (χ3v) is 2.30. The number of pyridine rings is 1. The lowest BCUT2D eigenvalue weighted by molar-refractivity contribution is 0.200. The molecule has 0 aliphatic carbocycles. The number of hydrogen-bond donors (Lipinski definition) is 1. The summed E-state index contributed by atoms with van der Waals surface area (Å²) in [5, 5.41) is 8.16. The van der Waals surface area contributed by atoms with Crippen LogP contribution in [0.3, 0.4) is 0 Å². The summed E-state index contributed by atoms with van der Waals surface area (Å²) in [6, 6.07) is 3.88. The third kappa shape index (κ3) is 1.98. The number of methoxy groups -OCH3 is 1. The highest BCUT2D eigenvalue weighted by Crippen LogP contribution is 2.07. The van der Waals surface area contributed by atoms with Gasteiger partial charge < -0.3 is 10.5 Å². The smallest absolute Gasteiger partial charge is 0.160 e. The van der Waals surface area contributed by atoms with Gasteiger partial charge in [0.25, 0.3) is 0 Å². The summed E-state index contributed by atoms with van der Waals surface area (Å²) in [6.07, 6.45) is 2.73. The number of nitrogens with two attached hydrogens (primary N) is 1. The molecule has 0 spiro atoms. The zero-order valence-corrected chi connectivity index (χ0v) is 8.68. The van der Waals surface area contributed by atoms with Crippen molar-refractivity contribution in [3.8, 4) is 0 Å². The van der Waals surface area contributed by atoms with Crippen LogP contribution in [0.15, 0.2) is 18.3 Å². The second-order valence-corrected chi connectivity index (χ2v) is 3.33. The van der Waals surface area contributed by atoms with Crippen molar-refractivity contribution in [1.82, 2.24) is 14.6 Å². The number of rotatable bonds is 4. The molecule has 2 N–H and O–H groups in total. The Morgan fingerprint density at radius 2 is 2.27 bits per heavy atom. The fourth-order valence-corrected chi connectivity index (χ4v) is 1.47. The molecule has 2 aromatic rings. The first-order valence-electron chi connectivity index (χ1n) is 4.86. The fourth-order valence-electron chi connectivity index (χ4n) is 1.47. The van der Waals surface area contributed by atoms with E-state index in [4.69, 9.17) is 10.5 Å². The molecular weight excluding hydrogens is 192 g/mol. The van der Waals surface area contributed by atoms with Gasteiger partial charge in [-0.25, -0.2) is 0 Å². The van der Waals surface area contributed by atoms with Crippen molar-refractivity contribution in [2.45, 2.75) is 13.0 Å². The molecule has 5 heteroatoms. The van der Waals surface area contributed by atoms with E-state index in [0.29, 0.717) is 13.2 Å². The van der Waals surface area contributed by atoms with Gasteiger partial charge in [-0.15, -0.1) is 10.2 Å². The molecule has 0 aliphatic rings. The van der Waals surface area contributed by atoms with Crippen LogP contribution in [0.25, 0.3) is 5.65 Å². The van der Waals surface area contributed by atoms with Crippen LogP contribution < -0.4 is 5.73 Å². The summed E-state index contributed by atoms with van der Waals surface area (Å²) in [6.45, 7) is 1.17. The van der Waals surface area contributed by atoms with Gasteiger partial charge in [0.15, 0.2) is 5.65 Å². The summed E-state index contributed by atoms with van der Waals surface area (Å²) in [4.78, 5) is 0. The minimum Gasteiger partial charge on any atom is -0.384 e. The summed E-state index contributed by atoms with van der Waals surface area (Å²) in [5.41, 5.74) is 7.50. The predicted molar refractivity (Wildman–Crippen MR) is 56.5 cm³/mol. The van der Waals surface area contributed by atoms with Gasteiger partial charge in [-0.1, -0.05) is 6.07 Å². The Balaban J connectivity index is 2.38. The Kier molecular flexibility index (Phi) is 2.94. The second kappa shape index (κ2) is 4.37. The third-order valence-electron chi connectivity index (χ3n) is 2.30. The molecule has 0 aromatic carbocycles. The molecule has 0 atom stereocenters. The Hall–Kier alpha value is -1.46. The maximum absolute atomic E-state index is 5.58. The van der Waals surface area contributed by atoms with Crippen LogP contribution >= 0.6 is 0 Å². The number of ether oxygens (including phenoxy) is 1. The quantitative estimate of drug-likeness (QED) is 0.785. The average molecular weight is 206 g/mol. The first-order valence-corrected chi connectivity index (χ1v) is 4.86. The molecule has 15 heavy (non-hydrogen) atoms. The van der Waals surface area contributed by atoms with Crippen molar-refractivity contribution < 1.29 is 4.74 Å². The van der Waals surface area contributed by atoms with Crippen LogP contribution in [0, 0.1) is 0 Å². The highest BCUT2D eigenvalue weighted by Gasteiger charge is 2.04. The standard InChI is InChI=1S/C10H14N4O/c1-15-5-4-10-13-12-9-3-2-8(6-11)7-14(9)10/h2-3,7H,4-6,11H2,1H3. The van der Waals surface area contributed by atoms with E-state index in [-0.39, 0.29) is 0 Å². The van der Waals surface area contributed by atoms with Crippen molar-refractivity contribution in [1.29, 1.82) is 0 Å². The van der Waals surface area contributed by atoms with Crippen LogP contribution in [-0.4, -0.2) is 28.3 Å². The molecular formula is C10H14N4O. The molecule has 5 nitrogen and oxygen atoms in total. The normalized spacial score (nSPS) is 11.1. The summed E-state index contributed by atoms with van der Waals surface area (Å²) >= 11 is 0. The van der Waals surface area contributed by atoms with E-state index < -0.39 is 0 Å². The van der Waals surface area contributed by atoms with E-state index in [0.717, 1.165) is 23.5 Å². The molecule has 0 aliphatic heterocycles. The van der Waals surface area contributed by atoms with Gasteiger partial charge in [0.05, 0.1) is 6.61 Å². The van der Waals surface area contributed by atoms with E-state index >= 15 is 0 Å². The molecule has 0 bridgehead atoms. The lowest BCUT2D eigenvalue weighted by Crippen LogP contribution is -2.03. The zero-order chi connectivity index (χ0) is 10.7. The van der Waals surface area contributed by atoms with Gasteiger partial charge in [0.1, 0.15) is 5.82 Å². The topological polar surface area (TPSA) is 65.4 Å². The summed E-state index contributed by atoms with van der Waals surface area (Å²) in [5.74, 6) is 0.905. The van der Waals surface area contributed by atoms with Gasteiger partial charge in [0.2, 0.25) is 0 Å². The molecule has 2 heterocycles. The van der Waals surface area contributed by atoms with E-state index in [1.807, 2.05) is 22.7 Å². The van der Waals surface area contributed by atoms with E-state index in [2.05, 4.69) is 10.2 Å². The highest BCUT2D eigenvalue weighted by molar-refractivity contribution is 5.39. The van der Waals surface area contributed by atoms with Gasteiger partial charge in [-0.2, -0.15) is 0 Å². The zero-order valence-electron chi connectivity index (χ0n) is 8.68. The molecule has 2 aromatic heterocycles. The van der Waals surface area contributed by atoms with Crippen molar-refractivity contribution in [2.75, 3.05) is 13.7 Å². The maximum Gasteiger partial charge on any atom is 0.160 e. The van der Waals surface area contributed by atoms with Crippen molar-refractivity contribution in [2.24, 2.45) is 5.73 Å². The molecule has 0 radical (unpaired) electrons. The van der Waals surface area contributed by atoms with Crippen LogP contribution in [0.5, 0.6) is 0 Å². The van der Waals surface area contributed by atoms with Crippen LogP contribution in [0.1, 0.15) is 11.4 Å². The van der Waals surface area contributed by atoms with Crippen molar-refractivity contribution in [3.05, 3.63) is 29.7 Å². The van der Waals surface area contributed by atoms with Gasteiger partial charge in [-0.3, -0.25) is 4.40 Å². The molecule has 0 unspecified atom stereocenters. The number of fused-ring (bicyclic) bond motifs is 1. The van der Waals surface area contributed by atoms with Crippen LogP contribution in [0.4, 0.5) is 0 Å². The molecule has 80 valence electrons. The lowest BCUT2D eigenvalue weighted by Gasteiger charge is -2.01. The largest absolute Gasteiger partial charge is 0.384 e. The Labute approximate surface area is 87.9 Å². The van der Waals surface area contributed by atoms with E-state index in [1.54, 1.807) is 7.11 Å². The molecule has 0 saturated heterocycles. The Bertz CT molecular complexity index is 452. The SMILES string of the molecule is COCCc1nnc2ccc(CN)cn12. The van der Waals surface area contributed by atoms with Gasteiger partial charge >= 0.3 is 0 Å². The summed E-state index contributed by atoms with van der Waals surface area (Å²) < 4.78 is 6.97. The van der Waals surface area contributed by atoms with Crippen molar-refractivity contribution >= 4 is 5.65 Å². The highest BCUT2D eigenvalue weighted by atomic mass is 16.5. The lowest BCUT2D eigenvalue weighted by atomic mass is 10.3. The van der Waals surface area contributed by atoms with Crippen molar-refractivity contribution in [3.63, 3.8) is 0 Å². The Morgan fingerprint density at radius 1 is 1.40 bits per heavy atom. The first-order chi connectivity index (χ1) is 7.35. The summed E-state index contributed by atoms with van der Waals surface area (Å²) in [7, 11) is 1.68. The van der Waals surface area contributed by atoms with E-state index in [9.17, 15) is 0 Å². The minimum atomic E-state index is 0.526. The monoisotopic (exact) mass is 206 g/mol. The number of hydrogen-bond acceptors (Lipinski definition) is 4. The molecule has 2 rings (SSSR count). The molecule has 0 saturated carbocycles. The molecule has 0 fully saturated rings. The molecule has 0 amide bonds. The van der Waals surface area contributed by atoms with E-state index in [1.165, 1.54) is 0 Å². The maximum atomic E-state index is 5.58. The average Bonchev–Trinajstić information content (AvgIpc) is 2.68. The Morgan fingerprint density at radius 3 is 3.00 bits per heavy atom. The minimum absolute atomic E-state index is 0.526. The van der Waals surface area contributed by atoms with Gasteiger partial charge in [-0.05, 0) is 11.6 Å². The van der Waals surface area contributed by atoms with Crippen LogP contribution in [0.2, 0.25) is 0 Å². The predicted octanol–water partition coefficient (Wildman–Crippen LogP) is 0.377. The number of nitrogens with zero attached hydrogens (tertiary/aromatic N) is 3. The first kappa shape index (κ1) is 10.1. The fraction of sp³-hybridized carbons (Fsp3) is 0.400. The van der Waals surface area contributed by atoms with Crippen LogP contribution in [-0.2, 0) is 17.7 Å². The number of aromatic nitrogens is 3.